The summed E-state index contributed by atoms with van der Waals surface area (Å²) in [6.45, 7) is 15.4. The van der Waals surface area contributed by atoms with Gasteiger partial charge in [0.25, 0.3) is 5.91 Å². The molecule has 0 saturated carbocycles. The fourth-order valence-electron chi connectivity index (χ4n) is 4.81. The third kappa shape index (κ3) is 4.41. The van der Waals surface area contributed by atoms with E-state index in [1.807, 2.05) is 52.0 Å². The molecule has 5 heteroatoms. The summed E-state index contributed by atoms with van der Waals surface area (Å²) >= 11 is 0. The van der Waals surface area contributed by atoms with Crippen LogP contribution in [0.3, 0.4) is 0 Å². The van der Waals surface area contributed by atoms with Gasteiger partial charge in [0.1, 0.15) is 5.58 Å². The van der Waals surface area contributed by atoms with Crippen LogP contribution in [-0.2, 0) is 10.2 Å². The van der Waals surface area contributed by atoms with Crippen molar-refractivity contribution in [3.8, 4) is 0 Å². The number of aryl methyl sites for hydroxylation is 2. The SMILES string of the molecule is Cc1cc(C)c2c(=O)c3c(oc2c1)C(=O)N(CCCOC(C)C)C3c1ccc(C(C)(C)C)cc1. The van der Waals surface area contributed by atoms with Crippen LogP contribution in [0.4, 0.5) is 0 Å². The minimum Gasteiger partial charge on any atom is -0.450 e. The first-order valence-electron chi connectivity index (χ1n) is 12.1. The Balaban J connectivity index is 1.84. The molecule has 1 amide bonds. The predicted octanol–water partition coefficient (Wildman–Crippen LogP) is 6.07. The van der Waals surface area contributed by atoms with Gasteiger partial charge in [0, 0.05) is 13.2 Å². The Labute approximate surface area is 201 Å². The molecule has 4 rings (SSSR count). The number of hydrogen-bond acceptors (Lipinski definition) is 4. The molecule has 180 valence electrons. The van der Waals surface area contributed by atoms with Gasteiger partial charge in [-0.3, -0.25) is 9.59 Å². The molecule has 0 spiro atoms. The number of carbonyl (C=O) groups excluding carboxylic acids is 1. The maximum absolute atomic E-state index is 13.8. The van der Waals surface area contributed by atoms with Crippen molar-refractivity contribution in [2.24, 2.45) is 0 Å². The number of carbonyl (C=O) groups is 1. The van der Waals surface area contributed by atoms with E-state index in [0.29, 0.717) is 36.1 Å². The summed E-state index contributed by atoms with van der Waals surface area (Å²) in [5.74, 6) is -0.0696. The zero-order valence-corrected chi connectivity index (χ0v) is 21.3. The molecular formula is C29H35NO4. The number of benzene rings is 2. The molecule has 0 fully saturated rings. The highest BCUT2D eigenvalue weighted by Crippen LogP contribution is 2.39. The molecule has 0 radical (unpaired) electrons. The number of ether oxygens (including phenoxy) is 1. The molecule has 0 aliphatic carbocycles. The van der Waals surface area contributed by atoms with Gasteiger partial charge in [0.05, 0.1) is 23.1 Å². The van der Waals surface area contributed by atoms with Crippen molar-refractivity contribution in [1.82, 2.24) is 4.90 Å². The second-order valence-electron chi connectivity index (χ2n) is 10.7. The molecule has 0 bridgehead atoms. The third-order valence-corrected chi connectivity index (χ3v) is 6.50. The average Bonchev–Trinajstić information content (AvgIpc) is 3.02. The number of nitrogens with zero attached hydrogens (tertiary/aromatic N) is 1. The predicted molar refractivity (Wildman–Crippen MR) is 136 cm³/mol. The lowest BCUT2D eigenvalue weighted by Crippen LogP contribution is -2.31. The molecular weight excluding hydrogens is 426 g/mol. The van der Waals surface area contributed by atoms with Crippen LogP contribution in [0.5, 0.6) is 0 Å². The summed E-state index contributed by atoms with van der Waals surface area (Å²) < 4.78 is 11.8. The van der Waals surface area contributed by atoms with E-state index in [-0.39, 0.29) is 28.6 Å². The summed E-state index contributed by atoms with van der Waals surface area (Å²) in [5.41, 5.74) is 4.79. The number of rotatable bonds is 6. The topological polar surface area (TPSA) is 59.8 Å². The smallest absolute Gasteiger partial charge is 0.290 e. The van der Waals surface area contributed by atoms with Crippen molar-refractivity contribution in [3.63, 3.8) is 0 Å². The first kappa shape index (κ1) is 24.2. The molecule has 1 atom stereocenters. The zero-order chi connectivity index (χ0) is 24.8. The van der Waals surface area contributed by atoms with Crippen molar-refractivity contribution < 1.29 is 13.9 Å². The van der Waals surface area contributed by atoms with Crippen LogP contribution < -0.4 is 5.43 Å². The maximum atomic E-state index is 13.8. The lowest BCUT2D eigenvalue weighted by Gasteiger charge is -2.26. The molecule has 1 aliphatic heterocycles. The lowest BCUT2D eigenvalue weighted by molar-refractivity contribution is 0.0593. The normalized spacial score (nSPS) is 16.1. The Hall–Kier alpha value is -2.92. The lowest BCUT2D eigenvalue weighted by atomic mass is 9.85. The van der Waals surface area contributed by atoms with E-state index in [2.05, 4.69) is 32.9 Å². The van der Waals surface area contributed by atoms with Gasteiger partial charge in [-0.1, -0.05) is 51.1 Å². The van der Waals surface area contributed by atoms with Gasteiger partial charge >= 0.3 is 0 Å². The van der Waals surface area contributed by atoms with E-state index < -0.39 is 6.04 Å². The van der Waals surface area contributed by atoms with Gasteiger partial charge in [0.2, 0.25) is 5.76 Å². The van der Waals surface area contributed by atoms with Gasteiger partial charge in [-0.05, 0) is 67.9 Å². The summed E-state index contributed by atoms with van der Waals surface area (Å²) in [6, 6.07) is 11.6. The molecule has 0 N–H and O–H groups in total. The number of fused-ring (bicyclic) bond motifs is 2. The van der Waals surface area contributed by atoms with Gasteiger partial charge in [0.15, 0.2) is 5.43 Å². The molecule has 3 aromatic rings. The summed E-state index contributed by atoms with van der Waals surface area (Å²) in [6.07, 6.45) is 0.812. The molecule has 34 heavy (non-hydrogen) atoms. The maximum Gasteiger partial charge on any atom is 0.290 e. The molecule has 2 aromatic carbocycles. The molecule has 0 saturated heterocycles. The largest absolute Gasteiger partial charge is 0.450 e. The van der Waals surface area contributed by atoms with Gasteiger partial charge < -0.3 is 14.1 Å². The Morgan fingerprint density at radius 1 is 1.06 bits per heavy atom. The highest BCUT2D eigenvalue weighted by molar-refractivity contribution is 5.99. The number of amides is 1. The molecule has 1 aliphatic rings. The van der Waals surface area contributed by atoms with Crippen molar-refractivity contribution in [2.75, 3.05) is 13.2 Å². The summed E-state index contributed by atoms with van der Waals surface area (Å²) in [4.78, 5) is 29.1. The van der Waals surface area contributed by atoms with E-state index in [1.165, 1.54) is 5.56 Å². The van der Waals surface area contributed by atoms with E-state index >= 15 is 0 Å². The zero-order valence-electron chi connectivity index (χ0n) is 21.3. The van der Waals surface area contributed by atoms with E-state index in [0.717, 1.165) is 16.7 Å². The minimum atomic E-state index is -0.475. The summed E-state index contributed by atoms with van der Waals surface area (Å²) in [5, 5.41) is 0.554. The highest BCUT2D eigenvalue weighted by Gasteiger charge is 2.42. The second-order valence-corrected chi connectivity index (χ2v) is 10.7. The van der Waals surface area contributed by atoms with Crippen LogP contribution in [-0.4, -0.2) is 30.1 Å². The van der Waals surface area contributed by atoms with Crippen LogP contribution >= 0.6 is 0 Å². The van der Waals surface area contributed by atoms with E-state index in [9.17, 15) is 9.59 Å². The van der Waals surface area contributed by atoms with Gasteiger partial charge in [-0.2, -0.15) is 0 Å². The quantitative estimate of drug-likeness (QED) is 0.418. The molecule has 1 unspecified atom stereocenters. The van der Waals surface area contributed by atoms with E-state index in [4.69, 9.17) is 9.15 Å². The standard InChI is InChI=1S/C29H35NO4/c1-17(2)33-14-8-13-30-25(20-9-11-21(12-10-20)29(5,6)7)24-26(31)23-19(4)15-18(3)16-22(23)34-27(24)28(30)32/h9-12,15-17,25H,8,13-14H2,1-7H3. The minimum absolute atomic E-state index is 0.0139. The Morgan fingerprint density at radius 3 is 2.35 bits per heavy atom. The van der Waals surface area contributed by atoms with Gasteiger partial charge in [-0.15, -0.1) is 0 Å². The fourth-order valence-corrected chi connectivity index (χ4v) is 4.81. The summed E-state index contributed by atoms with van der Waals surface area (Å²) in [7, 11) is 0. The van der Waals surface area contributed by atoms with E-state index in [1.54, 1.807) is 4.90 Å². The van der Waals surface area contributed by atoms with Crippen LogP contribution in [0.25, 0.3) is 11.0 Å². The number of hydrogen-bond donors (Lipinski definition) is 0. The van der Waals surface area contributed by atoms with Gasteiger partial charge in [-0.25, -0.2) is 0 Å². The average molecular weight is 462 g/mol. The highest BCUT2D eigenvalue weighted by atomic mass is 16.5. The van der Waals surface area contributed by atoms with Crippen molar-refractivity contribution in [1.29, 1.82) is 0 Å². The van der Waals surface area contributed by atoms with Crippen molar-refractivity contribution in [3.05, 3.63) is 80.2 Å². The molecule has 2 heterocycles. The third-order valence-electron chi connectivity index (χ3n) is 6.50. The van der Waals surface area contributed by atoms with Crippen LogP contribution in [0.15, 0.2) is 45.6 Å². The first-order valence-corrected chi connectivity index (χ1v) is 12.1. The second kappa shape index (κ2) is 9.03. The monoisotopic (exact) mass is 461 g/mol. The van der Waals surface area contributed by atoms with Crippen LogP contribution in [0.2, 0.25) is 0 Å². The van der Waals surface area contributed by atoms with Crippen LogP contribution in [0.1, 0.15) is 85.5 Å². The molecule has 1 aromatic heterocycles. The van der Waals surface area contributed by atoms with Crippen LogP contribution in [0, 0.1) is 13.8 Å². The van der Waals surface area contributed by atoms with Crippen molar-refractivity contribution in [2.45, 2.75) is 72.4 Å². The Kier molecular flexibility index (Phi) is 6.43. The first-order chi connectivity index (χ1) is 16.0. The van der Waals surface area contributed by atoms with Crippen molar-refractivity contribution >= 4 is 16.9 Å². The molecule has 5 nitrogen and oxygen atoms in total. The fraction of sp³-hybridized carbons (Fsp3) is 0.448. The Morgan fingerprint density at radius 2 is 1.74 bits per heavy atom. The Bertz CT molecular complexity index is 1280.